The number of hydrogen-bond donors (Lipinski definition) is 1. The van der Waals surface area contributed by atoms with E-state index in [1.165, 1.54) is 6.92 Å². The van der Waals surface area contributed by atoms with Crippen LogP contribution in [0.4, 0.5) is 11.4 Å². The number of benzene rings is 2. The molecule has 0 atom stereocenters. The Balaban J connectivity index is 1.83. The zero-order valence-electron chi connectivity index (χ0n) is 14.9. The van der Waals surface area contributed by atoms with Crippen LogP contribution in [-0.4, -0.2) is 33.4 Å². The van der Waals surface area contributed by atoms with Crippen LogP contribution in [0.5, 0.6) is 11.5 Å². The molecule has 9 heteroatoms. The summed E-state index contributed by atoms with van der Waals surface area (Å²) >= 11 is 6.06. The van der Waals surface area contributed by atoms with Gasteiger partial charge in [-0.2, -0.15) is 0 Å². The summed E-state index contributed by atoms with van der Waals surface area (Å²) in [5.41, 5.74) is 1.71. The summed E-state index contributed by atoms with van der Waals surface area (Å²) in [5.74, 6) is 0.343. The molecule has 1 heterocycles. The minimum Gasteiger partial charge on any atom is -0.454 e. The molecule has 0 spiro atoms. The van der Waals surface area contributed by atoms with Gasteiger partial charge in [0.1, 0.15) is 6.54 Å². The van der Waals surface area contributed by atoms with Gasteiger partial charge in [0.05, 0.1) is 11.4 Å². The average molecular weight is 411 g/mol. The van der Waals surface area contributed by atoms with E-state index in [4.69, 9.17) is 21.1 Å². The van der Waals surface area contributed by atoms with Gasteiger partial charge in [-0.3, -0.25) is 9.10 Å². The van der Waals surface area contributed by atoms with Crippen LogP contribution in [0, 0.1) is 6.92 Å². The van der Waals surface area contributed by atoms with Crippen molar-refractivity contribution in [1.29, 1.82) is 0 Å². The molecule has 0 aromatic heterocycles. The van der Waals surface area contributed by atoms with E-state index in [-0.39, 0.29) is 19.1 Å². The zero-order chi connectivity index (χ0) is 19.6. The van der Waals surface area contributed by atoms with Gasteiger partial charge < -0.3 is 14.8 Å². The molecule has 0 saturated heterocycles. The van der Waals surface area contributed by atoms with Gasteiger partial charge in [0, 0.05) is 16.8 Å². The number of halogens is 1. The zero-order valence-corrected chi connectivity index (χ0v) is 16.4. The van der Waals surface area contributed by atoms with Crippen LogP contribution < -0.4 is 19.1 Å². The second kappa shape index (κ2) is 7.66. The second-order valence-electron chi connectivity index (χ2n) is 5.96. The number of rotatable bonds is 6. The first kappa shape index (κ1) is 19.3. The number of nitrogens with one attached hydrogen (secondary N) is 1. The van der Waals surface area contributed by atoms with Gasteiger partial charge in [-0.05, 0) is 43.7 Å². The highest BCUT2D eigenvalue weighted by molar-refractivity contribution is 7.92. The first-order valence-corrected chi connectivity index (χ1v) is 10.2. The number of carbonyl (C=O) groups is 1. The number of anilines is 2. The van der Waals surface area contributed by atoms with Crippen LogP contribution in [0.1, 0.15) is 12.5 Å². The normalized spacial score (nSPS) is 12.7. The Bertz CT molecular complexity index is 978. The van der Waals surface area contributed by atoms with E-state index in [1.54, 1.807) is 36.4 Å². The Labute approximate surface area is 162 Å². The van der Waals surface area contributed by atoms with Gasteiger partial charge in [0.2, 0.25) is 22.7 Å². The standard InChI is InChI=1S/C18H19ClN2O5S/c1-3-27(23,24)21(14-6-7-16-17(9-14)26-11-25-16)10-18(22)20-13-5-4-12(2)15(19)8-13/h4-9H,3,10-11H2,1-2H3,(H,20,22). The van der Waals surface area contributed by atoms with Crippen LogP contribution in [-0.2, 0) is 14.8 Å². The monoisotopic (exact) mass is 410 g/mol. The van der Waals surface area contributed by atoms with Crippen molar-refractivity contribution in [1.82, 2.24) is 0 Å². The van der Waals surface area contributed by atoms with Crippen molar-refractivity contribution in [3.8, 4) is 11.5 Å². The quantitative estimate of drug-likeness (QED) is 0.790. The Hall–Kier alpha value is -2.45. The third kappa shape index (κ3) is 4.28. The lowest BCUT2D eigenvalue weighted by Gasteiger charge is -2.23. The lowest BCUT2D eigenvalue weighted by molar-refractivity contribution is -0.114. The molecule has 0 aliphatic carbocycles. The second-order valence-corrected chi connectivity index (χ2v) is 8.55. The van der Waals surface area contributed by atoms with E-state index in [9.17, 15) is 13.2 Å². The van der Waals surface area contributed by atoms with Crippen molar-refractivity contribution in [2.24, 2.45) is 0 Å². The maximum absolute atomic E-state index is 12.5. The molecule has 7 nitrogen and oxygen atoms in total. The number of carbonyl (C=O) groups excluding carboxylic acids is 1. The summed E-state index contributed by atoms with van der Waals surface area (Å²) in [6.07, 6.45) is 0. The molecule has 2 aromatic carbocycles. The Morgan fingerprint density at radius 1 is 1.19 bits per heavy atom. The Kier molecular flexibility index (Phi) is 5.48. The number of fused-ring (bicyclic) bond motifs is 1. The molecule has 1 amide bonds. The van der Waals surface area contributed by atoms with Gasteiger partial charge in [0.25, 0.3) is 0 Å². The molecule has 0 radical (unpaired) electrons. The fourth-order valence-electron chi connectivity index (χ4n) is 2.55. The minimum absolute atomic E-state index is 0.0774. The lowest BCUT2D eigenvalue weighted by Crippen LogP contribution is -2.39. The van der Waals surface area contributed by atoms with Crippen molar-refractivity contribution in [2.45, 2.75) is 13.8 Å². The molecule has 0 fully saturated rings. The highest BCUT2D eigenvalue weighted by atomic mass is 35.5. The average Bonchev–Trinajstić information content (AvgIpc) is 3.10. The number of ether oxygens (including phenoxy) is 2. The molecule has 0 unspecified atom stereocenters. The topological polar surface area (TPSA) is 84.9 Å². The van der Waals surface area contributed by atoms with Gasteiger partial charge in [0.15, 0.2) is 11.5 Å². The summed E-state index contributed by atoms with van der Waals surface area (Å²) in [5, 5.41) is 3.19. The van der Waals surface area contributed by atoms with Crippen molar-refractivity contribution in [3.05, 3.63) is 47.0 Å². The SMILES string of the molecule is CCS(=O)(=O)N(CC(=O)Nc1ccc(C)c(Cl)c1)c1ccc2c(c1)OCO2. The Morgan fingerprint density at radius 3 is 2.63 bits per heavy atom. The van der Waals surface area contributed by atoms with Crippen LogP contribution in [0.25, 0.3) is 0 Å². The third-order valence-electron chi connectivity index (χ3n) is 4.09. The molecule has 2 aromatic rings. The van der Waals surface area contributed by atoms with E-state index in [0.29, 0.717) is 27.9 Å². The molecule has 27 heavy (non-hydrogen) atoms. The summed E-state index contributed by atoms with van der Waals surface area (Å²) in [6.45, 7) is 3.07. The first-order valence-electron chi connectivity index (χ1n) is 8.26. The molecule has 1 N–H and O–H groups in total. The molecule has 144 valence electrons. The van der Waals surface area contributed by atoms with Gasteiger partial charge in [-0.1, -0.05) is 17.7 Å². The van der Waals surface area contributed by atoms with Crippen molar-refractivity contribution in [2.75, 3.05) is 28.7 Å². The summed E-state index contributed by atoms with van der Waals surface area (Å²) < 4.78 is 36.7. The molecule has 0 saturated carbocycles. The highest BCUT2D eigenvalue weighted by Gasteiger charge is 2.25. The predicted molar refractivity (Wildman–Crippen MR) is 104 cm³/mol. The van der Waals surface area contributed by atoms with E-state index in [2.05, 4.69) is 5.32 Å². The maximum Gasteiger partial charge on any atom is 0.245 e. The van der Waals surface area contributed by atoms with Crippen LogP contribution >= 0.6 is 11.6 Å². The van der Waals surface area contributed by atoms with E-state index < -0.39 is 15.9 Å². The van der Waals surface area contributed by atoms with Gasteiger partial charge in [-0.25, -0.2) is 8.42 Å². The van der Waals surface area contributed by atoms with Crippen molar-refractivity contribution < 1.29 is 22.7 Å². The minimum atomic E-state index is -3.68. The van der Waals surface area contributed by atoms with Crippen LogP contribution in [0.2, 0.25) is 5.02 Å². The fourth-order valence-corrected chi connectivity index (χ4v) is 3.79. The van der Waals surface area contributed by atoms with Gasteiger partial charge in [-0.15, -0.1) is 0 Å². The smallest absolute Gasteiger partial charge is 0.245 e. The van der Waals surface area contributed by atoms with E-state index in [1.807, 2.05) is 6.92 Å². The fraction of sp³-hybridized carbons (Fsp3) is 0.278. The van der Waals surface area contributed by atoms with E-state index in [0.717, 1.165) is 9.87 Å². The van der Waals surface area contributed by atoms with Crippen LogP contribution in [0.3, 0.4) is 0 Å². The molecule has 1 aliphatic heterocycles. The third-order valence-corrected chi connectivity index (χ3v) is 6.24. The predicted octanol–water partition coefficient (Wildman–Crippen LogP) is 3.17. The molecule has 0 bridgehead atoms. The molecule has 3 rings (SSSR count). The summed E-state index contributed by atoms with van der Waals surface area (Å²) in [4.78, 5) is 12.5. The maximum atomic E-state index is 12.5. The first-order chi connectivity index (χ1) is 12.8. The molecular formula is C18H19ClN2O5S. The number of hydrogen-bond acceptors (Lipinski definition) is 5. The summed E-state index contributed by atoms with van der Waals surface area (Å²) in [6, 6.07) is 9.85. The number of aryl methyl sites for hydroxylation is 1. The van der Waals surface area contributed by atoms with Gasteiger partial charge >= 0.3 is 0 Å². The largest absolute Gasteiger partial charge is 0.454 e. The number of sulfonamides is 1. The Morgan fingerprint density at radius 2 is 1.93 bits per heavy atom. The lowest BCUT2D eigenvalue weighted by atomic mass is 10.2. The van der Waals surface area contributed by atoms with Crippen LogP contribution in [0.15, 0.2) is 36.4 Å². The van der Waals surface area contributed by atoms with Crippen molar-refractivity contribution >= 4 is 38.9 Å². The number of amides is 1. The number of nitrogens with zero attached hydrogens (tertiary/aromatic N) is 1. The summed E-state index contributed by atoms with van der Waals surface area (Å²) in [7, 11) is -3.68. The molecular weight excluding hydrogens is 392 g/mol. The van der Waals surface area contributed by atoms with E-state index >= 15 is 0 Å². The van der Waals surface area contributed by atoms with Crippen molar-refractivity contribution in [3.63, 3.8) is 0 Å². The highest BCUT2D eigenvalue weighted by Crippen LogP contribution is 2.36. The molecule has 1 aliphatic rings.